The van der Waals surface area contributed by atoms with Gasteiger partial charge in [0, 0.05) is 11.7 Å². The summed E-state index contributed by atoms with van der Waals surface area (Å²) in [5, 5.41) is 0. The van der Waals surface area contributed by atoms with Crippen molar-refractivity contribution in [2.24, 2.45) is 5.41 Å². The van der Waals surface area contributed by atoms with Crippen LogP contribution in [0.5, 0.6) is 5.75 Å². The first-order valence-corrected chi connectivity index (χ1v) is 7.94. The topological polar surface area (TPSA) is 81.4 Å². The number of hydrogen-bond donors (Lipinski definition) is 2. The number of nitrogens with two attached hydrogens (primary N) is 1. The zero-order valence-electron chi connectivity index (χ0n) is 12.9. The number of nitrogen functional groups attached to an aromatic ring is 1. The summed E-state index contributed by atoms with van der Waals surface area (Å²) in [6.07, 6.45) is 0. The van der Waals surface area contributed by atoms with Gasteiger partial charge in [-0.3, -0.25) is 0 Å². The predicted molar refractivity (Wildman–Crippen MR) is 81.4 cm³/mol. The highest BCUT2D eigenvalue weighted by atomic mass is 32.2. The van der Waals surface area contributed by atoms with Gasteiger partial charge in [0.1, 0.15) is 10.6 Å². The van der Waals surface area contributed by atoms with E-state index in [4.69, 9.17) is 10.5 Å². The fourth-order valence-electron chi connectivity index (χ4n) is 1.52. The van der Waals surface area contributed by atoms with E-state index in [0.29, 0.717) is 11.4 Å². The number of anilines is 1. The zero-order chi connectivity index (χ0) is 15.7. The second kappa shape index (κ2) is 5.61. The molecular formula is C14H24N2O3S. The van der Waals surface area contributed by atoms with Crippen molar-refractivity contribution < 1.29 is 13.2 Å². The van der Waals surface area contributed by atoms with Crippen molar-refractivity contribution >= 4 is 15.7 Å². The van der Waals surface area contributed by atoms with E-state index in [1.807, 2.05) is 27.7 Å². The molecule has 3 N–H and O–H groups in total. The molecule has 0 bridgehead atoms. The summed E-state index contributed by atoms with van der Waals surface area (Å²) in [6, 6.07) is 2.84. The first kappa shape index (κ1) is 16.8. The van der Waals surface area contributed by atoms with Crippen molar-refractivity contribution in [1.82, 2.24) is 4.72 Å². The highest BCUT2D eigenvalue weighted by Crippen LogP contribution is 2.30. The molecule has 0 amide bonds. The molecule has 20 heavy (non-hydrogen) atoms. The number of ether oxygens (including phenoxy) is 1. The van der Waals surface area contributed by atoms with Crippen LogP contribution in [0.25, 0.3) is 0 Å². The monoisotopic (exact) mass is 300 g/mol. The average molecular weight is 300 g/mol. The van der Waals surface area contributed by atoms with Gasteiger partial charge in [0.25, 0.3) is 0 Å². The number of aryl methyl sites for hydroxylation is 1. The lowest BCUT2D eigenvalue weighted by Gasteiger charge is -2.28. The van der Waals surface area contributed by atoms with Crippen molar-refractivity contribution in [3.05, 3.63) is 17.7 Å². The van der Waals surface area contributed by atoms with E-state index < -0.39 is 10.0 Å². The van der Waals surface area contributed by atoms with Gasteiger partial charge in [0.15, 0.2) is 0 Å². The molecule has 1 aromatic rings. The lowest BCUT2D eigenvalue weighted by molar-refractivity contribution is 0.317. The molecule has 0 aliphatic carbocycles. The molecule has 5 nitrogen and oxygen atoms in total. The highest BCUT2D eigenvalue weighted by Gasteiger charge is 2.28. The number of sulfonamides is 1. The van der Waals surface area contributed by atoms with Crippen LogP contribution in [0, 0.1) is 12.3 Å². The van der Waals surface area contributed by atoms with E-state index in [-0.39, 0.29) is 16.4 Å². The lowest BCUT2D eigenvalue weighted by Crippen LogP contribution is -2.41. The Bertz CT molecular complexity index is 589. The van der Waals surface area contributed by atoms with E-state index in [0.717, 1.165) is 5.56 Å². The Morgan fingerprint density at radius 2 is 1.85 bits per heavy atom. The van der Waals surface area contributed by atoms with Crippen LogP contribution in [0.1, 0.15) is 33.3 Å². The largest absolute Gasteiger partial charge is 0.495 e. The van der Waals surface area contributed by atoms with Gasteiger partial charge in [-0.2, -0.15) is 0 Å². The molecule has 0 spiro atoms. The van der Waals surface area contributed by atoms with Gasteiger partial charge in [-0.05, 0) is 37.0 Å². The molecule has 0 aliphatic rings. The Labute approximate surface area is 121 Å². The SMILES string of the molecule is COc1cc(C)c(N)cc1S(=O)(=O)NC(C)C(C)(C)C. The highest BCUT2D eigenvalue weighted by molar-refractivity contribution is 7.89. The van der Waals surface area contributed by atoms with Crippen LogP contribution in [-0.4, -0.2) is 21.6 Å². The average Bonchev–Trinajstić information content (AvgIpc) is 2.30. The van der Waals surface area contributed by atoms with Gasteiger partial charge >= 0.3 is 0 Å². The molecule has 0 saturated heterocycles. The minimum Gasteiger partial charge on any atom is -0.495 e. The number of methoxy groups -OCH3 is 1. The van der Waals surface area contributed by atoms with Gasteiger partial charge in [0.05, 0.1) is 7.11 Å². The van der Waals surface area contributed by atoms with Crippen LogP contribution in [0.4, 0.5) is 5.69 Å². The first-order chi connectivity index (χ1) is 8.99. The van der Waals surface area contributed by atoms with Gasteiger partial charge < -0.3 is 10.5 Å². The van der Waals surface area contributed by atoms with E-state index >= 15 is 0 Å². The number of benzene rings is 1. The first-order valence-electron chi connectivity index (χ1n) is 6.45. The minimum absolute atomic E-state index is 0.0687. The van der Waals surface area contributed by atoms with E-state index in [2.05, 4.69) is 4.72 Å². The van der Waals surface area contributed by atoms with Crippen LogP contribution in [-0.2, 0) is 10.0 Å². The Balaban J connectivity index is 3.26. The lowest BCUT2D eigenvalue weighted by atomic mass is 9.89. The molecule has 0 heterocycles. The summed E-state index contributed by atoms with van der Waals surface area (Å²) >= 11 is 0. The summed E-state index contributed by atoms with van der Waals surface area (Å²) in [5.74, 6) is 0.297. The van der Waals surface area contributed by atoms with Gasteiger partial charge in [-0.25, -0.2) is 13.1 Å². The van der Waals surface area contributed by atoms with Gasteiger partial charge in [-0.15, -0.1) is 0 Å². The van der Waals surface area contributed by atoms with Crippen molar-refractivity contribution in [2.75, 3.05) is 12.8 Å². The van der Waals surface area contributed by atoms with Gasteiger partial charge in [0.2, 0.25) is 10.0 Å². The van der Waals surface area contributed by atoms with Crippen molar-refractivity contribution in [1.29, 1.82) is 0 Å². The maximum Gasteiger partial charge on any atom is 0.244 e. The van der Waals surface area contributed by atoms with Crippen LogP contribution < -0.4 is 15.2 Å². The molecule has 0 radical (unpaired) electrons. The smallest absolute Gasteiger partial charge is 0.244 e. The van der Waals surface area contributed by atoms with Crippen LogP contribution in [0.3, 0.4) is 0 Å². The Morgan fingerprint density at radius 1 is 1.30 bits per heavy atom. The third-order valence-electron chi connectivity index (χ3n) is 3.47. The van der Waals surface area contributed by atoms with Crippen molar-refractivity contribution in [3.8, 4) is 5.75 Å². The summed E-state index contributed by atoms with van der Waals surface area (Å²) < 4.78 is 32.8. The third kappa shape index (κ3) is 3.64. The molecular weight excluding hydrogens is 276 g/mol. The molecule has 1 unspecified atom stereocenters. The second-order valence-electron chi connectivity index (χ2n) is 6.07. The molecule has 1 atom stereocenters. The summed E-state index contributed by atoms with van der Waals surface area (Å²) in [5.41, 5.74) is 6.83. The molecule has 1 rings (SSSR count). The van der Waals surface area contributed by atoms with Crippen molar-refractivity contribution in [3.63, 3.8) is 0 Å². The zero-order valence-corrected chi connectivity index (χ0v) is 13.8. The molecule has 1 aromatic carbocycles. The van der Waals surface area contributed by atoms with Gasteiger partial charge in [-0.1, -0.05) is 20.8 Å². The number of nitrogens with one attached hydrogen (secondary N) is 1. The van der Waals surface area contributed by atoms with E-state index in [1.165, 1.54) is 13.2 Å². The molecule has 0 aliphatic heterocycles. The minimum atomic E-state index is -3.68. The molecule has 0 saturated carbocycles. The third-order valence-corrected chi connectivity index (χ3v) is 5.03. The maximum absolute atomic E-state index is 12.5. The fraction of sp³-hybridized carbons (Fsp3) is 0.571. The summed E-state index contributed by atoms with van der Waals surface area (Å²) in [7, 11) is -2.24. The normalized spacial score (nSPS) is 14.1. The quantitative estimate of drug-likeness (QED) is 0.836. The number of rotatable bonds is 4. The van der Waals surface area contributed by atoms with Crippen molar-refractivity contribution in [2.45, 2.75) is 45.6 Å². The predicted octanol–water partition coefficient (Wildman–Crippen LogP) is 2.30. The molecule has 0 fully saturated rings. The second-order valence-corrected chi connectivity index (χ2v) is 7.75. The summed E-state index contributed by atoms with van der Waals surface area (Å²) in [6.45, 7) is 9.56. The maximum atomic E-state index is 12.5. The standard InChI is InChI=1S/C14H24N2O3S/c1-9-7-12(19-6)13(8-11(9)15)20(17,18)16-10(2)14(3,4)5/h7-8,10,16H,15H2,1-6H3. The van der Waals surface area contributed by atoms with E-state index in [9.17, 15) is 8.42 Å². The van der Waals surface area contributed by atoms with Crippen LogP contribution in [0.2, 0.25) is 0 Å². The Hall–Kier alpha value is -1.27. The molecule has 6 heteroatoms. The summed E-state index contributed by atoms with van der Waals surface area (Å²) in [4.78, 5) is 0.0687. The Kier molecular flexibility index (Phi) is 4.71. The Morgan fingerprint density at radius 3 is 2.30 bits per heavy atom. The van der Waals surface area contributed by atoms with Crippen LogP contribution in [0.15, 0.2) is 17.0 Å². The van der Waals surface area contributed by atoms with E-state index in [1.54, 1.807) is 13.0 Å². The van der Waals surface area contributed by atoms with Crippen LogP contribution >= 0.6 is 0 Å². The fourth-order valence-corrected chi connectivity index (χ4v) is 3.16. The molecule has 0 aromatic heterocycles. The molecule has 114 valence electrons. The number of hydrogen-bond acceptors (Lipinski definition) is 4.